The molecule has 0 aromatic carbocycles. The van der Waals surface area contributed by atoms with Gasteiger partial charge in [-0.25, -0.2) is 9.78 Å². The Morgan fingerprint density at radius 2 is 2.18 bits per heavy atom. The number of nitrogens with zero attached hydrogens (tertiary/aromatic N) is 1. The molecule has 0 saturated carbocycles. The lowest BCUT2D eigenvalue weighted by atomic mass is 10.1. The molecule has 0 spiro atoms. The number of aromatic nitrogens is 1. The minimum absolute atomic E-state index is 0.167. The predicted molar refractivity (Wildman–Crippen MR) is 78.2 cm³/mol. The molecular formula is C15H18N2O5. The lowest BCUT2D eigenvalue weighted by molar-refractivity contribution is -0.125. The average Bonchev–Trinajstić information content (AvgIpc) is 2.95. The van der Waals surface area contributed by atoms with Crippen LogP contribution in [0.4, 0.5) is 0 Å². The number of furan rings is 1. The van der Waals surface area contributed by atoms with Gasteiger partial charge in [0.25, 0.3) is 0 Å². The number of esters is 1. The van der Waals surface area contributed by atoms with Gasteiger partial charge in [-0.2, -0.15) is 0 Å². The van der Waals surface area contributed by atoms with E-state index < -0.39 is 18.1 Å². The van der Waals surface area contributed by atoms with E-state index in [-0.39, 0.29) is 11.6 Å². The summed E-state index contributed by atoms with van der Waals surface area (Å²) in [5.74, 6) is -1.06. The van der Waals surface area contributed by atoms with Gasteiger partial charge in [-0.15, -0.1) is 0 Å². The molecule has 7 nitrogen and oxygen atoms in total. The van der Waals surface area contributed by atoms with Crippen molar-refractivity contribution in [1.29, 1.82) is 0 Å². The normalized spacial score (nSPS) is 13.6. The van der Waals surface area contributed by atoms with Crippen molar-refractivity contribution in [2.45, 2.75) is 32.4 Å². The van der Waals surface area contributed by atoms with Crippen LogP contribution in [-0.2, 0) is 9.53 Å². The molecule has 0 saturated heterocycles. The third-order valence-corrected chi connectivity index (χ3v) is 3.30. The number of carbonyl (C=O) groups is 2. The van der Waals surface area contributed by atoms with Crippen molar-refractivity contribution >= 4 is 23.0 Å². The van der Waals surface area contributed by atoms with Gasteiger partial charge in [-0.05, 0) is 25.5 Å². The highest BCUT2D eigenvalue weighted by Crippen LogP contribution is 2.24. The van der Waals surface area contributed by atoms with Gasteiger partial charge in [0.2, 0.25) is 5.91 Å². The predicted octanol–water partition coefficient (Wildman–Crippen LogP) is 1.56. The van der Waals surface area contributed by atoms with Gasteiger partial charge < -0.3 is 19.6 Å². The topological polar surface area (TPSA) is 102 Å². The maximum absolute atomic E-state index is 12.0. The van der Waals surface area contributed by atoms with Crippen molar-refractivity contribution in [3.63, 3.8) is 0 Å². The molecule has 0 aliphatic rings. The van der Waals surface area contributed by atoms with Crippen molar-refractivity contribution < 1.29 is 23.8 Å². The van der Waals surface area contributed by atoms with Crippen LogP contribution in [0.5, 0.6) is 0 Å². The van der Waals surface area contributed by atoms with Crippen LogP contribution < -0.4 is 5.32 Å². The Morgan fingerprint density at radius 3 is 2.82 bits per heavy atom. The summed E-state index contributed by atoms with van der Waals surface area (Å²) in [6, 6.07) is 4.70. The molecule has 7 heteroatoms. The van der Waals surface area contributed by atoms with Crippen molar-refractivity contribution in [2.24, 2.45) is 0 Å². The fourth-order valence-electron chi connectivity index (χ4n) is 1.90. The molecule has 2 unspecified atom stereocenters. The van der Waals surface area contributed by atoms with E-state index in [1.807, 2.05) is 0 Å². The van der Waals surface area contributed by atoms with Crippen LogP contribution in [0.3, 0.4) is 0 Å². The number of rotatable bonds is 5. The molecule has 0 bridgehead atoms. The Balaban J connectivity index is 2.25. The minimum atomic E-state index is -0.886. The Hall–Kier alpha value is -2.41. The average molecular weight is 306 g/mol. The number of aliphatic hydroxyl groups excluding tert-OH is 1. The first-order chi connectivity index (χ1) is 10.5. The van der Waals surface area contributed by atoms with Crippen LogP contribution in [-0.4, -0.2) is 35.3 Å². The second-order valence-electron chi connectivity index (χ2n) is 4.87. The van der Waals surface area contributed by atoms with Gasteiger partial charge in [0, 0.05) is 6.07 Å². The highest BCUT2D eigenvalue weighted by atomic mass is 16.5. The van der Waals surface area contributed by atoms with E-state index in [4.69, 9.17) is 4.42 Å². The van der Waals surface area contributed by atoms with Crippen LogP contribution in [0.1, 0.15) is 42.4 Å². The molecule has 0 fully saturated rings. The monoisotopic (exact) mass is 306 g/mol. The molecule has 118 valence electrons. The molecular weight excluding hydrogens is 288 g/mol. The summed E-state index contributed by atoms with van der Waals surface area (Å²) >= 11 is 0. The van der Waals surface area contributed by atoms with E-state index >= 15 is 0 Å². The zero-order chi connectivity index (χ0) is 16.3. The number of hydrogen-bond acceptors (Lipinski definition) is 6. The Morgan fingerprint density at radius 1 is 1.45 bits per heavy atom. The SMILES string of the molecule is CCC(O)NC(=O)C(C)c1cc2nc(C(=O)OC)ccc2o1. The molecule has 2 atom stereocenters. The summed E-state index contributed by atoms with van der Waals surface area (Å²) in [4.78, 5) is 27.6. The van der Waals surface area contributed by atoms with Crippen molar-refractivity contribution in [3.05, 3.63) is 29.7 Å². The van der Waals surface area contributed by atoms with Gasteiger partial charge in [0.05, 0.1) is 13.0 Å². The lowest BCUT2D eigenvalue weighted by Gasteiger charge is -2.13. The molecule has 2 aromatic heterocycles. The van der Waals surface area contributed by atoms with Gasteiger partial charge in [-0.1, -0.05) is 6.92 Å². The lowest BCUT2D eigenvalue weighted by Crippen LogP contribution is -2.36. The van der Waals surface area contributed by atoms with Crippen molar-refractivity contribution in [2.75, 3.05) is 7.11 Å². The molecule has 2 aromatic rings. The number of carbonyl (C=O) groups excluding carboxylic acids is 2. The maximum atomic E-state index is 12.0. The molecule has 2 N–H and O–H groups in total. The Labute approximate surface area is 127 Å². The first kappa shape index (κ1) is 16.0. The number of nitrogens with one attached hydrogen (secondary N) is 1. The number of aliphatic hydroxyl groups is 1. The molecule has 0 aliphatic carbocycles. The maximum Gasteiger partial charge on any atom is 0.356 e. The van der Waals surface area contributed by atoms with E-state index in [0.29, 0.717) is 23.3 Å². The summed E-state index contributed by atoms with van der Waals surface area (Å²) in [5, 5.41) is 11.9. The molecule has 0 radical (unpaired) electrons. The van der Waals surface area contributed by atoms with Gasteiger partial charge in [-0.3, -0.25) is 4.79 Å². The molecule has 2 rings (SSSR count). The number of methoxy groups -OCH3 is 1. The molecule has 2 heterocycles. The van der Waals surface area contributed by atoms with Gasteiger partial charge in [0.15, 0.2) is 5.58 Å². The van der Waals surface area contributed by atoms with E-state index in [1.165, 1.54) is 13.2 Å². The second kappa shape index (κ2) is 6.57. The summed E-state index contributed by atoms with van der Waals surface area (Å²) in [7, 11) is 1.28. The van der Waals surface area contributed by atoms with Crippen molar-refractivity contribution in [1.82, 2.24) is 10.3 Å². The van der Waals surface area contributed by atoms with E-state index in [1.54, 1.807) is 26.0 Å². The van der Waals surface area contributed by atoms with Crippen LogP contribution in [0.25, 0.3) is 11.1 Å². The van der Waals surface area contributed by atoms with Crippen LogP contribution in [0.15, 0.2) is 22.6 Å². The van der Waals surface area contributed by atoms with Crippen molar-refractivity contribution in [3.8, 4) is 0 Å². The third kappa shape index (κ3) is 3.25. The molecule has 22 heavy (non-hydrogen) atoms. The zero-order valence-corrected chi connectivity index (χ0v) is 12.6. The number of amides is 1. The summed E-state index contributed by atoms with van der Waals surface area (Å²) in [6.07, 6.45) is -0.466. The molecule has 1 amide bonds. The summed E-state index contributed by atoms with van der Waals surface area (Å²) < 4.78 is 10.2. The zero-order valence-electron chi connectivity index (χ0n) is 12.6. The Kier molecular flexibility index (Phi) is 4.77. The van der Waals surface area contributed by atoms with E-state index in [2.05, 4.69) is 15.0 Å². The summed E-state index contributed by atoms with van der Waals surface area (Å²) in [5.41, 5.74) is 1.10. The van der Waals surface area contributed by atoms with Gasteiger partial charge in [0.1, 0.15) is 23.2 Å². The van der Waals surface area contributed by atoms with Crippen LogP contribution in [0, 0.1) is 0 Å². The first-order valence-corrected chi connectivity index (χ1v) is 6.93. The Bertz CT molecular complexity index is 694. The van der Waals surface area contributed by atoms with E-state index in [0.717, 1.165) is 0 Å². The van der Waals surface area contributed by atoms with Crippen LogP contribution in [0.2, 0.25) is 0 Å². The smallest absolute Gasteiger partial charge is 0.356 e. The fourth-order valence-corrected chi connectivity index (χ4v) is 1.90. The number of pyridine rings is 1. The van der Waals surface area contributed by atoms with Crippen LogP contribution >= 0.6 is 0 Å². The second-order valence-corrected chi connectivity index (χ2v) is 4.87. The highest BCUT2D eigenvalue weighted by Gasteiger charge is 2.22. The molecule has 0 aliphatic heterocycles. The first-order valence-electron chi connectivity index (χ1n) is 6.93. The standard InChI is InChI=1S/C15H18N2O5/c1-4-13(18)17-14(19)8(2)12-7-10-11(22-12)6-5-9(16-10)15(20)21-3/h5-8,13,18H,4H2,1-3H3,(H,17,19). The summed E-state index contributed by atoms with van der Waals surface area (Å²) in [6.45, 7) is 3.42. The largest absolute Gasteiger partial charge is 0.464 e. The fraction of sp³-hybridized carbons (Fsp3) is 0.400. The van der Waals surface area contributed by atoms with E-state index in [9.17, 15) is 14.7 Å². The number of hydrogen-bond donors (Lipinski definition) is 2. The minimum Gasteiger partial charge on any atom is -0.464 e. The number of ether oxygens (including phenoxy) is 1. The highest BCUT2D eigenvalue weighted by molar-refractivity contribution is 5.90. The quantitative estimate of drug-likeness (QED) is 0.642. The van der Waals surface area contributed by atoms with Gasteiger partial charge >= 0.3 is 5.97 Å². The third-order valence-electron chi connectivity index (χ3n) is 3.30. The number of fused-ring (bicyclic) bond motifs is 1.